The number of piperidine rings is 1. The molecule has 2 saturated heterocycles. The maximum absolute atomic E-state index is 13.9. The van der Waals surface area contributed by atoms with E-state index >= 15 is 0 Å². The maximum Gasteiger partial charge on any atom is 0.253 e. The largest absolute Gasteiger partial charge is 0.386 e. The summed E-state index contributed by atoms with van der Waals surface area (Å²) >= 11 is 0. The SMILES string of the molecule is CNc1ccc(C(=O)N2CCC(N3CCCC3C(N)=O)CC2)cc1F. The van der Waals surface area contributed by atoms with Crippen molar-refractivity contribution >= 4 is 17.5 Å². The van der Waals surface area contributed by atoms with E-state index in [0.29, 0.717) is 24.3 Å². The Morgan fingerprint density at radius 2 is 1.92 bits per heavy atom. The van der Waals surface area contributed by atoms with E-state index in [4.69, 9.17) is 5.73 Å². The highest BCUT2D eigenvalue weighted by atomic mass is 19.1. The number of hydrogen-bond acceptors (Lipinski definition) is 4. The van der Waals surface area contributed by atoms with E-state index in [0.717, 1.165) is 32.2 Å². The molecule has 1 atom stereocenters. The van der Waals surface area contributed by atoms with Crippen LogP contribution in [0.5, 0.6) is 0 Å². The molecule has 2 aliphatic heterocycles. The molecule has 0 aliphatic carbocycles. The third-order valence-electron chi connectivity index (χ3n) is 5.33. The summed E-state index contributed by atoms with van der Waals surface area (Å²) in [5.74, 6) is -0.825. The predicted octanol–water partition coefficient (Wildman–Crippen LogP) is 1.42. The fourth-order valence-electron chi connectivity index (χ4n) is 3.97. The van der Waals surface area contributed by atoms with Gasteiger partial charge in [0.25, 0.3) is 5.91 Å². The molecule has 0 bridgehead atoms. The van der Waals surface area contributed by atoms with Crippen LogP contribution < -0.4 is 11.1 Å². The van der Waals surface area contributed by atoms with Crippen molar-refractivity contribution in [1.29, 1.82) is 0 Å². The van der Waals surface area contributed by atoms with E-state index in [1.165, 1.54) is 6.07 Å². The Kier molecular flexibility index (Phi) is 5.22. The molecule has 25 heavy (non-hydrogen) atoms. The molecule has 1 aromatic carbocycles. The number of primary amides is 1. The standard InChI is InChI=1S/C18H25FN4O2/c1-21-15-5-4-12(11-14(15)19)18(25)22-9-6-13(7-10-22)23-8-2-3-16(23)17(20)24/h4-5,11,13,16,21H,2-3,6-10H2,1H3,(H2,20,24). The van der Waals surface area contributed by atoms with Crippen molar-refractivity contribution in [3.63, 3.8) is 0 Å². The van der Waals surface area contributed by atoms with Crippen molar-refractivity contribution in [2.75, 3.05) is 32.0 Å². The zero-order chi connectivity index (χ0) is 18.0. The number of benzene rings is 1. The van der Waals surface area contributed by atoms with Crippen molar-refractivity contribution in [3.05, 3.63) is 29.6 Å². The van der Waals surface area contributed by atoms with E-state index in [9.17, 15) is 14.0 Å². The van der Waals surface area contributed by atoms with Crippen LogP contribution >= 0.6 is 0 Å². The van der Waals surface area contributed by atoms with Crippen molar-refractivity contribution in [1.82, 2.24) is 9.80 Å². The number of halogens is 1. The summed E-state index contributed by atoms with van der Waals surface area (Å²) in [5.41, 5.74) is 6.24. The minimum absolute atomic E-state index is 0.145. The molecule has 2 aliphatic rings. The Labute approximate surface area is 147 Å². The molecule has 7 heteroatoms. The summed E-state index contributed by atoms with van der Waals surface area (Å²) in [4.78, 5) is 28.1. The van der Waals surface area contributed by atoms with Crippen LogP contribution in [-0.4, -0.2) is 60.4 Å². The van der Waals surface area contributed by atoms with Crippen LogP contribution in [0.3, 0.4) is 0 Å². The quantitative estimate of drug-likeness (QED) is 0.863. The molecule has 3 N–H and O–H groups in total. The Bertz CT molecular complexity index is 658. The Morgan fingerprint density at radius 1 is 1.20 bits per heavy atom. The van der Waals surface area contributed by atoms with Crippen LogP contribution in [0.25, 0.3) is 0 Å². The Hall–Kier alpha value is -2.15. The topological polar surface area (TPSA) is 78.7 Å². The van der Waals surface area contributed by atoms with Crippen molar-refractivity contribution in [2.24, 2.45) is 5.73 Å². The minimum atomic E-state index is -0.426. The molecule has 1 aromatic rings. The number of nitrogens with two attached hydrogens (primary N) is 1. The first-order valence-corrected chi connectivity index (χ1v) is 8.83. The Balaban J connectivity index is 1.61. The summed E-state index contributed by atoms with van der Waals surface area (Å²) in [5, 5.41) is 2.75. The molecule has 0 spiro atoms. The average molecular weight is 348 g/mol. The van der Waals surface area contributed by atoms with Gasteiger partial charge in [-0.25, -0.2) is 4.39 Å². The van der Waals surface area contributed by atoms with E-state index in [-0.39, 0.29) is 23.9 Å². The number of anilines is 1. The summed E-state index contributed by atoms with van der Waals surface area (Å²) in [6.45, 7) is 2.12. The fraction of sp³-hybridized carbons (Fsp3) is 0.556. The highest BCUT2D eigenvalue weighted by Gasteiger charge is 2.36. The number of nitrogens with zero attached hydrogens (tertiary/aromatic N) is 2. The molecule has 136 valence electrons. The van der Waals surface area contributed by atoms with Gasteiger partial charge in [0, 0.05) is 31.7 Å². The summed E-state index contributed by atoms with van der Waals surface area (Å²) in [6, 6.07) is 4.62. The van der Waals surface area contributed by atoms with Gasteiger partial charge in [0.1, 0.15) is 5.82 Å². The van der Waals surface area contributed by atoms with Gasteiger partial charge in [-0.3, -0.25) is 14.5 Å². The molecule has 6 nitrogen and oxygen atoms in total. The van der Waals surface area contributed by atoms with Gasteiger partial charge in [0.05, 0.1) is 11.7 Å². The molecule has 2 amide bonds. The van der Waals surface area contributed by atoms with Crippen molar-refractivity contribution in [2.45, 2.75) is 37.8 Å². The van der Waals surface area contributed by atoms with Crippen molar-refractivity contribution < 1.29 is 14.0 Å². The second-order valence-electron chi connectivity index (χ2n) is 6.77. The van der Waals surface area contributed by atoms with Crippen LogP contribution in [0, 0.1) is 5.82 Å². The van der Waals surface area contributed by atoms with Crippen LogP contribution in [0.15, 0.2) is 18.2 Å². The summed E-state index contributed by atoms with van der Waals surface area (Å²) < 4.78 is 13.9. The van der Waals surface area contributed by atoms with Gasteiger partial charge in [-0.15, -0.1) is 0 Å². The first kappa shape index (κ1) is 17.7. The molecule has 2 fully saturated rings. The van der Waals surface area contributed by atoms with Gasteiger partial charge in [0.2, 0.25) is 5.91 Å². The first-order chi connectivity index (χ1) is 12.0. The number of amides is 2. The summed E-state index contributed by atoms with van der Waals surface area (Å²) in [7, 11) is 1.64. The highest BCUT2D eigenvalue weighted by molar-refractivity contribution is 5.94. The van der Waals surface area contributed by atoms with E-state index in [1.54, 1.807) is 24.1 Å². The monoisotopic (exact) mass is 348 g/mol. The number of nitrogens with one attached hydrogen (secondary N) is 1. The lowest BCUT2D eigenvalue weighted by molar-refractivity contribution is -0.123. The van der Waals surface area contributed by atoms with Crippen LogP contribution in [0.4, 0.5) is 10.1 Å². The second-order valence-corrected chi connectivity index (χ2v) is 6.77. The van der Waals surface area contributed by atoms with Gasteiger partial charge in [-0.2, -0.15) is 0 Å². The number of rotatable bonds is 4. The molecular formula is C18H25FN4O2. The lowest BCUT2D eigenvalue weighted by atomic mass is 10.0. The van der Waals surface area contributed by atoms with Gasteiger partial charge < -0.3 is 16.0 Å². The molecule has 2 heterocycles. The number of hydrogen-bond donors (Lipinski definition) is 2. The number of carbonyl (C=O) groups is 2. The lowest BCUT2D eigenvalue weighted by Crippen LogP contribution is -2.51. The maximum atomic E-state index is 13.9. The molecule has 0 radical (unpaired) electrons. The smallest absolute Gasteiger partial charge is 0.253 e. The van der Waals surface area contributed by atoms with Crippen LogP contribution in [0.2, 0.25) is 0 Å². The van der Waals surface area contributed by atoms with Gasteiger partial charge in [-0.05, 0) is 50.4 Å². The highest BCUT2D eigenvalue weighted by Crippen LogP contribution is 2.26. The number of likely N-dealkylation sites (tertiary alicyclic amines) is 2. The Morgan fingerprint density at radius 3 is 2.52 bits per heavy atom. The molecular weight excluding hydrogens is 323 g/mol. The lowest BCUT2D eigenvalue weighted by Gasteiger charge is -2.38. The van der Waals surface area contributed by atoms with Gasteiger partial charge in [0.15, 0.2) is 0 Å². The van der Waals surface area contributed by atoms with E-state index < -0.39 is 5.82 Å². The zero-order valence-corrected chi connectivity index (χ0v) is 14.5. The molecule has 1 unspecified atom stereocenters. The molecule has 0 aromatic heterocycles. The van der Waals surface area contributed by atoms with Crippen LogP contribution in [0.1, 0.15) is 36.0 Å². The van der Waals surface area contributed by atoms with Gasteiger partial charge in [-0.1, -0.05) is 0 Å². The third kappa shape index (κ3) is 3.61. The zero-order valence-electron chi connectivity index (χ0n) is 14.5. The van der Waals surface area contributed by atoms with Crippen molar-refractivity contribution in [3.8, 4) is 0 Å². The van der Waals surface area contributed by atoms with E-state index in [2.05, 4.69) is 10.2 Å². The van der Waals surface area contributed by atoms with Gasteiger partial charge >= 0.3 is 0 Å². The fourth-order valence-corrected chi connectivity index (χ4v) is 3.97. The van der Waals surface area contributed by atoms with Crippen LogP contribution in [-0.2, 0) is 4.79 Å². The first-order valence-electron chi connectivity index (χ1n) is 8.83. The third-order valence-corrected chi connectivity index (χ3v) is 5.33. The number of carbonyl (C=O) groups excluding carboxylic acids is 2. The predicted molar refractivity (Wildman–Crippen MR) is 93.8 cm³/mol. The normalized spacial score (nSPS) is 22.2. The minimum Gasteiger partial charge on any atom is -0.386 e. The summed E-state index contributed by atoms with van der Waals surface area (Å²) in [6.07, 6.45) is 3.44. The molecule has 0 saturated carbocycles. The van der Waals surface area contributed by atoms with E-state index in [1.807, 2.05) is 0 Å². The average Bonchev–Trinajstić information content (AvgIpc) is 3.11. The second kappa shape index (κ2) is 7.39. The molecule has 3 rings (SSSR count).